The summed E-state index contributed by atoms with van der Waals surface area (Å²) >= 11 is 1.31. The van der Waals surface area contributed by atoms with Gasteiger partial charge in [-0.15, -0.1) is 11.3 Å². The fraction of sp³-hybridized carbons (Fsp3) is 0.0909. The Morgan fingerprint density at radius 3 is 2.79 bits per heavy atom. The topological polar surface area (TPSA) is 123 Å². The predicted octanol–water partition coefficient (Wildman–Crippen LogP) is 1.08. The summed E-state index contributed by atoms with van der Waals surface area (Å²) in [6, 6.07) is 5.27. The minimum Gasteiger partial charge on any atom is -0.480 e. The van der Waals surface area contributed by atoms with Gasteiger partial charge >= 0.3 is 0 Å². The van der Waals surface area contributed by atoms with E-state index in [0.717, 1.165) is 0 Å². The maximum absolute atomic E-state index is 7.58. The quantitative estimate of drug-likeness (QED) is 0.571. The average molecular weight is 276 g/mol. The molecule has 0 amide bonds. The van der Waals surface area contributed by atoms with E-state index >= 15 is 0 Å². The summed E-state index contributed by atoms with van der Waals surface area (Å²) in [4.78, 5) is 12.4. The van der Waals surface area contributed by atoms with E-state index < -0.39 is 0 Å². The van der Waals surface area contributed by atoms with Crippen molar-refractivity contribution < 1.29 is 4.74 Å². The molecule has 98 valence electrons. The molecule has 0 radical (unpaired) electrons. The van der Waals surface area contributed by atoms with Gasteiger partial charge in [0.05, 0.1) is 12.8 Å². The van der Waals surface area contributed by atoms with Crippen molar-refractivity contribution in [2.75, 3.05) is 7.11 Å². The molecular weight excluding hydrogens is 264 g/mol. The van der Waals surface area contributed by atoms with Crippen LogP contribution in [-0.4, -0.2) is 28.9 Å². The van der Waals surface area contributed by atoms with Crippen LogP contribution in [0.5, 0.6) is 0 Å². The summed E-state index contributed by atoms with van der Waals surface area (Å²) in [6.07, 6.45) is 0. The number of ether oxygens (including phenoxy) is 1. The molecule has 0 bridgehead atoms. The van der Waals surface area contributed by atoms with Crippen LogP contribution in [0, 0.1) is 5.41 Å². The van der Waals surface area contributed by atoms with Crippen LogP contribution in [0.1, 0.15) is 5.69 Å². The maximum Gasteiger partial charge on any atom is 0.232 e. The number of aliphatic imine (C=N–C) groups is 1. The third-order valence-corrected chi connectivity index (χ3v) is 2.90. The number of hydrogen-bond acceptors (Lipinski definition) is 6. The van der Waals surface area contributed by atoms with Gasteiger partial charge in [0, 0.05) is 5.38 Å². The Balaban J connectivity index is 2.34. The van der Waals surface area contributed by atoms with Gasteiger partial charge in [-0.05, 0) is 12.1 Å². The average Bonchev–Trinajstić information content (AvgIpc) is 2.85. The highest BCUT2D eigenvalue weighted by molar-refractivity contribution is 7.13. The molecule has 7 nitrogen and oxygen atoms in total. The number of nitrogens with two attached hydrogens (primary N) is 2. The second kappa shape index (κ2) is 5.44. The molecule has 2 aromatic rings. The lowest BCUT2D eigenvalue weighted by molar-refractivity contribution is 0.399. The van der Waals surface area contributed by atoms with Crippen LogP contribution in [0.3, 0.4) is 0 Å². The fourth-order valence-corrected chi connectivity index (χ4v) is 2.05. The van der Waals surface area contributed by atoms with Crippen molar-refractivity contribution >= 4 is 28.3 Å². The molecule has 0 aliphatic carbocycles. The summed E-state index contributed by atoms with van der Waals surface area (Å²) in [5.41, 5.74) is 12.3. The minimum absolute atomic E-state index is 0.00141. The molecule has 0 spiro atoms. The SMILES string of the molecule is COC(=N)c1cccc(-c2csc(N=C(N)N)n2)n1. The molecule has 5 N–H and O–H groups in total. The third-order valence-electron chi connectivity index (χ3n) is 2.17. The standard InChI is InChI=1S/C11H12N6OS/c1-18-9(12)7-4-2-3-6(15-7)8-5-19-11(16-8)17-10(13)14/h2-5,12H,1H3,(H4,13,14,16,17). The van der Waals surface area contributed by atoms with Gasteiger partial charge in [-0.2, -0.15) is 4.99 Å². The smallest absolute Gasteiger partial charge is 0.232 e. The van der Waals surface area contributed by atoms with E-state index in [2.05, 4.69) is 15.0 Å². The number of methoxy groups -OCH3 is 1. The lowest BCUT2D eigenvalue weighted by Gasteiger charge is -2.02. The number of guanidine groups is 1. The van der Waals surface area contributed by atoms with E-state index in [-0.39, 0.29) is 11.9 Å². The van der Waals surface area contributed by atoms with Crippen molar-refractivity contribution in [1.29, 1.82) is 5.41 Å². The number of aromatic nitrogens is 2. The van der Waals surface area contributed by atoms with Crippen LogP contribution in [0.2, 0.25) is 0 Å². The normalized spacial score (nSPS) is 9.95. The number of nitrogens with one attached hydrogen (secondary N) is 1. The number of pyridine rings is 1. The Bertz CT molecular complexity index is 632. The minimum atomic E-state index is -0.0382. The predicted molar refractivity (Wildman–Crippen MR) is 74.7 cm³/mol. The molecule has 0 fully saturated rings. The molecule has 2 heterocycles. The van der Waals surface area contributed by atoms with Gasteiger partial charge in [0.15, 0.2) is 5.96 Å². The van der Waals surface area contributed by atoms with E-state index in [1.165, 1.54) is 18.4 Å². The molecule has 0 atom stereocenters. The van der Waals surface area contributed by atoms with Gasteiger partial charge in [-0.25, -0.2) is 9.97 Å². The molecule has 0 saturated heterocycles. The first-order chi connectivity index (χ1) is 9.10. The molecule has 0 unspecified atom stereocenters. The first kappa shape index (κ1) is 13.0. The van der Waals surface area contributed by atoms with Crippen molar-refractivity contribution in [3.63, 3.8) is 0 Å². The summed E-state index contributed by atoms with van der Waals surface area (Å²) in [5, 5.41) is 9.84. The Morgan fingerprint density at radius 1 is 1.32 bits per heavy atom. The monoisotopic (exact) mass is 276 g/mol. The summed E-state index contributed by atoms with van der Waals surface area (Å²) in [6.45, 7) is 0. The fourth-order valence-electron chi connectivity index (χ4n) is 1.35. The lowest BCUT2D eigenvalue weighted by atomic mass is 10.2. The molecule has 0 aliphatic heterocycles. The zero-order chi connectivity index (χ0) is 13.8. The molecule has 0 aliphatic rings. The number of rotatable bonds is 3. The van der Waals surface area contributed by atoms with Crippen LogP contribution in [0.25, 0.3) is 11.4 Å². The van der Waals surface area contributed by atoms with E-state index in [1.54, 1.807) is 23.6 Å². The molecule has 19 heavy (non-hydrogen) atoms. The maximum atomic E-state index is 7.58. The van der Waals surface area contributed by atoms with Crippen LogP contribution >= 0.6 is 11.3 Å². The van der Waals surface area contributed by atoms with E-state index in [9.17, 15) is 0 Å². The number of thiazole rings is 1. The zero-order valence-electron chi connectivity index (χ0n) is 10.1. The van der Waals surface area contributed by atoms with Gasteiger partial charge in [0.2, 0.25) is 11.0 Å². The summed E-state index contributed by atoms with van der Waals surface area (Å²) in [5.74, 6) is -0.0368. The molecule has 8 heteroatoms. The summed E-state index contributed by atoms with van der Waals surface area (Å²) in [7, 11) is 1.43. The second-order valence-electron chi connectivity index (χ2n) is 3.49. The summed E-state index contributed by atoms with van der Waals surface area (Å²) < 4.78 is 4.83. The first-order valence-electron chi connectivity index (χ1n) is 5.25. The van der Waals surface area contributed by atoms with Crippen LogP contribution < -0.4 is 11.5 Å². The van der Waals surface area contributed by atoms with E-state index in [1.807, 2.05) is 0 Å². The van der Waals surface area contributed by atoms with Gasteiger partial charge in [-0.1, -0.05) is 6.07 Å². The largest absolute Gasteiger partial charge is 0.480 e. The lowest BCUT2D eigenvalue weighted by Crippen LogP contribution is -2.21. The zero-order valence-corrected chi connectivity index (χ0v) is 10.9. The second-order valence-corrected chi connectivity index (χ2v) is 4.33. The van der Waals surface area contributed by atoms with Crippen molar-refractivity contribution in [3.8, 4) is 11.4 Å². The molecular formula is C11H12N6OS. The Hall–Kier alpha value is -2.48. The Morgan fingerprint density at radius 2 is 2.11 bits per heavy atom. The highest BCUT2D eigenvalue weighted by Gasteiger charge is 2.08. The van der Waals surface area contributed by atoms with Crippen LogP contribution in [0.4, 0.5) is 5.13 Å². The van der Waals surface area contributed by atoms with Crippen molar-refractivity contribution in [1.82, 2.24) is 9.97 Å². The van der Waals surface area contributed by atoms with Gasteiger partial charge < -0.3 is 16.2 Å². The van der Waals surface area contributed by atoms with Gasteiger partial charge in [0.1, 0.15) is 11.4 Å². The number of hydrogen-bond donors (Lipinski definition) is 3. The Labute approximate surface area is 113 Å². The third kappa shape index (κ3) is 3.05. The van der Waals surface area contributed by atoms with E-state index in [0.29, 0.717) is 22.2 Å². The highest BCUT2D eigenvalue weighted by Crippen LogP contribution is 2.25. The van der Waals surface area contributed by atoms with Crippen LogP contribution in [0.15, 0.2) is 28.6 Å². The molecule has 0 aromatic carbocycles. The highest BCUT2D eigenvalue weighted by atomic mass is 32.1. The van der Waals surface area contributed by atoms with Crippen molar-refractivity contribution in [2.45, 2.75) is 0 Å². The van der Waals surface area contributed by atoms with Gasteiger partial charge in [-0.3, -0.25) is 5.41 Å². The molecule has 2 rings (SSSR count). The van der Waals surface area contributed by atoms with Crippen LogP contribution in [-0.2, 0) is 4.74 Å². The Kier molecular flexibility index (Phi) is 3.71. The number of nitrogens with zero attached hydrogens (tertiary/aromatic N) is 3. The van der Waals surface area contributed by atoms with Gasteiger partial charge in [0.25, 0.3) is 0 Å². The first-order valence-corrected chi connectivity index (χ1v) is 6.13. The molecule has 0 saturated carbocycles. The van der Waals surface area contributed by atoms with Crippen molar-refractivity contribution in [2.24, 2.45) is 16.5 Å². The van der Waals surface area contributed by atoms with Crippen molar-refractivity contribution in [3.05, 3.63) is 29.3 Å². The molecule has 2 aromatic heterocycles. The van der Waals surface area contributed by atoms with E-state index in [4.69, 9.17) is 21.6 Å².